The van der Waals surface area contributed by atoms with Crippen LogP contribution in [0, 0.1) is 10.8 Å². The van der Waals surface area contributed by atoms with Crippen molar-refractivity contribution in [2.24, 2.45) is 28.7 Å². The summed E-state index contributed by atoms with van der Waals surface area (Å²) in [6.45, 7) is -0.856. The molecule has 5 rings (SSSR count). The molecule has 2 fully saturated rings. The molecule has 15 atom stereocenters. The van der Waals surface area contributed by atoms with Crippen LogP contribution in [0.3, 0.4) is 0 Å². The van der Waals surface area contributed by atoms with Crippen molar-refractivity contribution >= 4 is 177 Å². The number of aliphatic hydroxyl groups is 3. The van der Waals surface area contributed by atoms with Crippen LogP contribution in [0.25, 0.3) is 10.9 Å². The second kappa shape index (κ2) is 52.1. The van der Waals surface area contributed by atoms with Gasteiger partial charge in [-0.2, -0.15) is 0 Å². The number of imidazole rings is 1. The summed E-state index contributed by atoms with van der Waals surface area (Å²) < 4.78 is 0. The van der Waals surface area contributed by atoms with E-state index in [1.54, 1.807) is 37.4 Å². The van der Waals surface area contributed by atoms with E-state index in [4.69, 9.17) is 39.5 Å². The molecule has 0 radical (unpaired) electrons. The van der Waals surface area contributed by atoms with E-state index in [1.807, 2.05) is 0 Å². The molecule has 2 saturated heterocycles. The Balaban J connectivity index is 1.68. The number of hydrogen-bond donors (Lipinski definition) is 29. The molecule has 0 saturated carbocycles. The van der Waals surface area contributed by atoms with Crippen molar-refractivity contribution in [1.82, 2.24) is 105 Å². The number of aliphatic carboxylic acids is 1. The van der Waals surface area contributed by atoms with E-state index in [1.165, 1.54) is 26.4 Å². The van der Waals surface area contributed by atoms with Crippen LogP contribution < -0.4 is 114 Å². The number of nitrogens with one attached hydrogen (secondary N) is 20. The SMILES string of the molecule is CCCCN1CC(=O)N[C@@H](Cc2c[nH]c3ccccc23)C(=O)N[C@@H](C)C(=O)N[C@@H](CCCNC(=N)N)C(=O)N[C@@H](CC(=O)O)C(=O)N[C@@H](Cc2cnc[nH]2)C(=O)N[C@@H](CO)C(=O)N[C@@H](CCCNC(=N)N)C(=O)NC2C[Se][Se]CC(NC(=O)[C@H](C)N)C(=O)N[C@@H](CC(N)=O)C(=O)N[C@@H](CSSC[C@@H](C(N)=O)NC2=O)C(=O)N[C@@H](CO)C(=O)N[C@@H](CO)C1=O. The van der Waals surface area contributed by atoms with E-state index in [9.17, 15) is 107 Å². The summed E-state index contributed by atoms with van der Waals surface area (Å²) in [7, 11) is 1.46. The van der Waals surface area contributed by atoms with Crippen LogP contribution in [0.1, 0.15) is 83.4 Å². The van der Waals surface area contributed by atoms with Gasteiger partial charge in [-0.25, -0.2) is 4.98 Å². The molecule has 678 valence electrons. The average molecular weight is 1900 g/mol. The molecule has 3 aromatic rings. The quantitative estimate of drug-likeness (QED) is 0.0123. The number of guanidine groups is 2. The molecule has 123 heavy (non-hydrogen) atoms. The minimum atomic E-state index is -2.11. The van der Waals surface area contributed by atoms with Gasteiger partial charge in [0, 0.05) is 48.5 Å². The zero-order valence-corrected chi connectivity index (χ0v) is 72.2. The number of aromatic nitrogens is 3. The van der Waals surface area contributed by atoms with Crippen molar-refractivity contribution in [1.29, 1.82) is 10.8 Å². The summed E-state index contributed by atoms with van der Waals surface area (Å²) >= 11 is -1.67. The van der Waals surface area contributed by atoms with Crippen molar-refractivity contribution in [3.63, 3.8) is 0 Å². The summed E-state index contributed by atoms with van der Waals surface area (Å²) in [5, 5.41) is 96.4. The van der Waals surface area contributed by atoms with Gasteiger partial charge in [-0.1, -0.05) is 31.5 Å². The maximum atomic E-state index is 14.8. The summed E-state index contributed by atoms with van der Waals surface area (Å²) in [6.07, 6.45) is 0.639. The van der Waals surface area contributed by atoms with Gasteiger partial charge in [0.25, 0.3) is 0 Å². The average Bonchev–Trinajstić information content (AvgIpc) is 1.70. The molecule has 17 amide bonds. The number of carboxylic acids is 1. The molecule has 49 nitrogen and oxygen atoms in total. The number of nitrogens with zero attached hydrogens (tertiary/aromatic N) is 2. The second-order valence-electron chi connectivity index (χ2n) is 28.2. The van der Waals surface area contributed by atoms with Gasteiger partial charge in [-0.15, -0.1) is 0 Å². The third kappa shape index (κ3) is 34.8. The second-order valence-corrected chi connectivity index (χ2v) is 38.2. The Morgan fingerprint density at radius 1 is 0.569 bits per heavy atom. The number of H-pyrrole nitrogens is 2. The van der Waals surface area contributed by atoms with Crippen LogP contribution >= 0.6 is 21.6 Å². The molecule has 2 aliphatic rings. The molecule has 4 heterocycles. The van der Waals surface area contributed by atoms with E-state index in [0.29, 0.717) is 33.7 Å². The molecule has 0 spiro atoms. The van der Waals surface area contributed by atoms with Crippen LogP contribution in [-0.4, -0.2) is 333 Å². The first-order valence-electron chi connectivity index (χ1n) is 38.4. The number of benzene rings is 1. The zero-order chi connectivity index (χ0) is 91.2. The molecular weight excluding hydrogens is 1790 g/mol. The summed E-state index contributed by atoms with van der Waals surface area (Å²) in [6, 6.07) is -19.9. The number of hydrogen-bond acceptors (Lipinski definition) is 27. The molecule has 2 unspecified atom stereocenters. The Bertz CT molecular complexity index is 4250. The molecule has 2 aromatic heterocycles. The minimum Gasteiger partial charge on any atom is -0.394 e. The van der Waals surface area contributed by atoms with Crippen molar-refractivity contribution in [2.45, 2.75) is 186 Å². The van der Waals surface area contributed by atoms with E-state index in [2.05, 4.69) is 100 Å². The van der Waals surface area contributed by atoms with Crippen LogP contribution in [0.2, 0.25) is 10.6 Å². The normalized spacial score (nSPS) is 25.0. The molecule has 53 heteroatoms. The van der Waals surface area contributed by atoms with Gasteiger partial charge in [0.05, 0.1) is 25.9 Å². The van der Waals surface area contributed by atoms with Gasteiger partial charge in [-0.3, -0.25) is 43.8 Å². The van der Waals surface area contributed by atoms with Crippen molar-refractivity contribution in [3.05, 3.63) is 54.2 Å². The fourth-order valence-corrected chi connectivity index (χ4v) is 21.0. The number of amides is 17. The predicted octanol–water partition coefficient (Wildman–Crippen LogP) is -12.6. The number of rotatable bonds is 25. The van der Waals surface area contributed by atoms with Gasteiger partial charge in [-0.05, 0) is 37.8 Å². The number of carbonyl (C=O) groups is 18. The monoisotopic (exact) mass is 1900 g/mol. The Hall–Kier alpha value is -11.5. The fourth-order valence-electron chi connectivity index (χ4n) is 11.7. The number of unbranched alkanes of at least 4 members (excludes halogenated alkanes) is 1. The van der Waals surface area contributed by atoms with Gasteiger partial charge < -0.3 is 67.8 Å². The van der Waals surface area contributed by atoms with E-state index in [0.717, 1.165) is 15.7 Å². The summed E-state index contributed by atoms with van der Waals surface area (Å²) in [5.74, 6) is -23.7. The van der Waals surface area contributed by atoms with Crippen molar-refractivity contribution in [3.8, 4) is 0 Å². The zero-order valence-electron chi connectivity index (χ0n) is 67.1. The Kier molecular flexibility index (Phi) is 43.3. The molecule has 2 aliphatic heterocycles. The summed E-state index contributed by atoms with van der Waals surface area (Å²) in [5.41, 5.74) is 29.5. The van der Waals surface area contributed by atoms with E-state index >= 15 is 0 Å². The number of primary amides is 2. The third-order valence-corrected chi connectivity index (χ3v) is 27.9. The molecule has 0 aliphatic carbocycles. The number of aliphatic hydroxyl groups excluding tert-OH is 3. The number of nitrogens with two attached hydrogens (primary N) is 5. The van der Waals surface area contributed by atoms with E-state index in [-0.39, 0.29) is 74.5 Å². The number of carbonyl (C=O) groups excluding carboxylic acids is 17. The maximum absolute atomic E-state index is 14.8. The Morgan fingerprint density at radius 2 is 1.07 bits per heavy atom. The van der Waals surface area contributed by atoms with Crippen LogP contribution in [0.15, 0.2) is 43.0 Å². The molecule has 2 bridgehead atoms. The van der Waals surface area contributed by atoms with Gasteiger partial charge in [0.2, 0.25) is 35.4 Å². The minimum absolute atomic E-state index is 0.0719. The smallest absolute Gasteiger partial charge is 0.394 e. The number of aromatic amines is 2. The van der Waals surface area contributed by atoms with Crippen LogP contribution in [0.4, 0.5) is 0 Å². The van der Waals surface area contributed by atoms with Gasteiger partial charge >= 0.3 is 394 Å². The third-order valence-electron chi connectivity index (χ3n) is 18.3. The Morgan fingerprint density at radius 3 is 1.65 bits per heavy atom. The summed E-state index contributed by atoms with van der Waals surface area (Å²) in [4.78, 5) is 266. The van der Waals surface area contributed by atoms with Crippen LogP contribution in [-0.2, 0) is 99.1 Å². The van der Waals surface area contributed by atoms with Gasteiger partial charge in [0.15, 0.2) is 5.96 Å². The van der Waals surface area contributed by atoms with Gasteiger partial charge in [0.1, 0.15) is 30.2 Å². The topological polar surface area (TPSA) is 806 Å². The van der Waals surface area contributed by atoms with Crippen molar-refractivity contribution in [2.75, 3.05) is 57.5 Å². The first-order valence-corrected chi connectivity index (χ1v) is 47.7. The predicted molar refractivity (Wildman–Crippen MR) is 443 cm³/mol. The number of fused-ring (bicyclic) bond motifs is 9. The first-order chi connectivity index (χ1) is 58.4. The molecule has 34 N–H and O–H groups in total. The molecular formula is C70H107N27O22S2Se2. The number of carboxylic acid groups (broad SMARTS) is 1. The van der Waals surface area contributed by atoms with Crippen LogP contribution in [0.5, 0.6) is 0 Å². The van der Waals surface area contributed by atoms with E-state index < -0.39 is 292 Å². The fraction of sp³-hybridized carbons (Fsp3) is 0.557. The van der Waals surface area contributed by atoms with Crippen molar-refractivity contribution < 1.29 is 107 Å². The standard InChI is InChI=1S/C70H107N27O22S2Se2/c1-4-5-16-97-23-52(102)84-40(17-34-21-81-37-11-7-6-10-36(34)37)59(110)83-33(3)56(107)85-38(12-8-14-79-69(74)75)57(108)89-43(20-53(103)104)62(113)87-41(18-35-22-78-31-82-35)60(111)90-44(24-98)63(114)86-39(13-9-15-80-70(76)77)58(109)96-50-30-123-122-29-49(95-55(106)32(2)71)66(117)88-42(19-51(72)101)61(112)94-48(28-121-120-27-47(54(73)105)93-67(50)118)65(116)91-45(25-99)64(115)92-46(26-100)68(97)119/h6-7,10-11,21-22,31-33,38-50,81,98-100H,4-5,8-9,12-20,23-30,71H2,1-3H3,(H2,72,101)(H2,73,105)(H,78,82)(H,83,110)(H,84,102)(H,85,107)(H,86,114)(H,87,113)(H,88,117)(H,89,108)(H,90,111)(H,91,116)(H,92,115)(H,93,118)(H,94,112)(H,95,106)(H,96,109)(H,103,104)(H4,74,75,79)(H4,76,77,80)/t32-,33-,38-,39-,40-,41-,42-,43-,44-,45-,46-,47-,48-,49?,50?/m0/s1. The Labute approximate surface area is 722 Å². The number of para-hydroxylation sites is 1. The first kappa shape index (κ1) is 102. The molecule has 1 aromatic carbocycles.